The number of nitrogens with one attached hydrogen (secondary N) is 1. The first-order chi connectivity index (χ1) is 9.72. The number of ether oxygens (including phenoxy) is 1. The van der Waals surface area contributed by atoms with E-state index in [2.05, 4.69) is 5.32 Å². The van der Waals surface area contributed by atoms with Crippen LogP contribution in [0.5, 0.6) is 5.75 Å². The van der Waals surface area contributed by atoms with Gasteiger partial charge in [0, 0.05) is 6.04 Å². The van der Waals surface area contributed by atoms with Crippen LogP contribution in [0, 0.1) is 0 Å². The predicted octanol–water partition coefficient (Wildman–Crippen LogP) is 3.12. The minimum absolute atomic E-state index is 0.0908. The SMILES string of the molecule is COc1cccc(C(=O)NC2CCCCCCC2)c1N. The molecule has 0 heterocycles. The molecule has 0 spiro atoms. The molecule has 4 nitrogen and oxygen atoms in total. The van der Waals surface area contributed by atoms with Crippen molar-refractivity contribution in [3.8, 4) is 5.75 Å². The lowest BCUT2D eigenvalue weighted by molar-refractivity contribution is 0.0931. The molecule has 2 rings (SSSR count). The van der Waals surface area contributed by atoms with Gasteiger partial charge in [0.25, 0.3) is 5.91 Å². The molecule has 0 saturated heterocycles. The van der Waals surface area contributed by atoms with Gasteiger partial charge in [-0.05, 0) is 25.0 Å². The number of carbonyl (C=O) groups is 1. The molecule has 20 heavy (non-hydrogen) atoms. The van der Waals surface area contributed by atoms with Crippen molar-refractivity contribution in [3.05, 3.63) is 23.8 Å². The Hall–Kier alpha value is -1.71. The monoisotopic (exact) mass is 276 g/mol. The number of anilines is 1. The molecule has 0 radical (unpaired) electrons. The second-order valence-corrected chi connectivity index (χ2v) is 5.44. The third kappa shape index (κ3) is 3.65. The Labute approximate surface area is 120 Å². The summed E-state index contributed by atoms with van der Waals surface area (Å²) in [4.78, 5) is 12.4. The summed E-state index contributed by atoms with van der Waals surface area (Å²) in [5.74, 6) is 0.460. The number of benzene rings is 1. The number of nitrogens with two attached hydrogens (primary N) is 1. The highest BCUT2D eigenvalue weighted by Crippen LogP contribution is 2.25. The van der Waals surface area contributed by atoms with E-state index in [0.29, 0.717) is 17.0 Å². The molecule has 1 aliphatic rings. The summed E-state index contributed by atoms with van der Waals surface area (Å²) in [6, 6.07) is 5.58. The lowest BCUT2D eigenvalue weighted by atomic mass is 9.96. The van der Waals surface area contributed by atoms with E-state index in [-0.39, 0.29) is 11.9 Å². The highest BCUT2D eigenvalue weighted by molar-refractivity contribution is 6.00. The number of para-hydroxylation sites is 1. The maximum Gasteiger partial charge on any atom is 0.253 e. The summed E-state index contributed by atoms with van der Waals surface area (Å²) in [6.07, 6.45) is 8.38. The van der Waals surface area contributed by atoms with Crippen molar-refractivity contribution in [3.63, 3.8) is 0 Å². The maximum absolute atomic E-state index is 12.4. The Morgan fingerprint density at radius 1 is 1.20 bits per heavy atom. The normalized spacial score (nSPS) is 17.1. The predicted molar refractivity (Wildman–Crippen MR) is 81.0 cm³/mol. The first kappa shape index (κ1) is 14.7. The summed E-state index contributed by atoms with van der Waals surface area (Å²) in [6.45, 7) is 0. The third-order valence-corrected chi connectivity index (χ3v) is 3.97. The van der Waals surface area contributed by atoms with Crippen molar-refractivity contribution in [2.75, 3.05) is 12.8 Å². The highest BCUT2D eigenvalue weighted by atomic mass is 16.5. The van der Waals surface area contributed by atoms with Gasteiger partial charge in [0.15, 0.2) is 0 Å². The zero-order chi connectivity index (χ0) is 14.4. The van der Waals surface area contributed by atoms with E-state index in [0.717, 1.165) is 12.8 Å². The van der Waals surface area contributed by atoms with Crippen molar-refractivity contribution in [2.45, 2.75) is 51.0 Å². The highest BCUT2D eigenvalue weighted by Gasteiger charge is 2.18. The topological polar surface area (TPSA) is 64.3 Å². The van der Waals surface area contributed by atoms with Gasteiger partial charge < -0.3 is 15.8 Å². The van der Waals surface area contributed by atoms with Crippen molar-refractivity contribution in [1.82, 2.24) is 5.32 Å². The molecular weight excluding hydrogens is 252 g/mol. The quantitative estimate of drug-likeness (QED) is 0.834. The van der Waals surface area contributed by atoms with Gasteiger partial charge in [-0.1, -0.05) is 38.2 Å². The van der Waals surface area contributed by atoms with E-state index in [1.807, 2.05) is 0 Å². The Morgan fingerprint density at radius 3 is 2.50 bits per heavy atom. The standard InChI is InChI=1S/C16H24N2O2/c1-20-14-11-7-10-13(15(14)17)16(19)18-12-8-5-3-2-4-6-9-12/h7,10-12H,2-6,8-9,17H2,1H3,(H,18,19). The summed E-state index contributed by atoms with van der Waals surface area (Å²) in [5, 5.41) is 3.12. The van der Waals surface area contributed by atoms with Crippen LogP contribution >= 0.6 is 0 Å². The zero-order valence-electron chi connectivity index (χ0n) is 12.2. The van der Waals surface area contributed by atoms with Crippen LogP contribution < -0.4 is 15.8 Å². The number of amides is 1. The first-order valence-electron chi connectivity index (χ1n) is 7.45. The van der Waals surface area contributed by atoms with Crippen molar-refractivity contribution < 1.29 is 9.53 Å². The van der Waals surface area contributed by atoms with Gasteiger partial charge in [-0.15, -0.1) is 0 Å². The molecule has 1 saturated carbocycles. The first-order valence-corrected chi connectivity index (χ1v) is 7.45. The smallest absolute Gasteiger partial charge is 0.253 e. The third-order valence-electron chi connectivity index (χ3n) is 3.97. The van der Waals surface area contributed by atoms with Gasteiger partial charge in [0.1, 0.15) is 5.75 Å². The number of carbonyl (C=O) groups excluding carboxylic acids is 1. The van der Waals surface area contributed by atoms with Gasteiger partial charge in [0.2, 0.25) is 0 Å². The Bertz CT molecular complexity index is 452. The molecule has 1 aromatic carbocycles. The second kappa shape index (κ2) is 7.17. The van der Waals surface area contributed by atoms with Crippen LogP contribution in [0.3, 0.4) is 0 Å². The van der Waals surface area contributed by atoms with Crippen molar-refractivity contribution in [2.24, 2.45) is 0 Å². The molecule has 4 heteroatoms. The van der Waals surface area contributed by atoms with Crippen LogP contribution in [0.15, 0.2) is 18.2 Å². The van der Waals surface area contributed by atoms with Gasteiger partial charge in [-0.2, -0.15) is 0 Å². The molecule has 1 amide bonds. The van der Waals surface area contributed by atoms with E-state index in [1.54, 1.807) is 25.3 Å². The number of nitrogen functional groups attached to an aromatic ring is 1. The summed E-state index contributed by atoms with van der Waals surface area (Å²) in [7, 11) is 1.56. The van der Waals surface area contributed by atoms with Crippen molar-refractivity contribution >= 4 is 11.6 Å². The van der Waals surface area contributed by atoms with E-state index in [4.69, 9.17) is 10.5 Å². The number of rotatable bonds is 3. The maximum atomic E-state index is 12.4. The number of methoxy groups -OCH3 is 1. The van der Waals surface area contributed by atoms with Gasteiger partial charge in [-0.3, -0.25) is 4.79 Å². The molecule has 0 bridgehead atoms. The van der Waals surface area contributed by atoms with Crippen LogP contribution in [0.1, 0.15) is 55.3 Å². The van der Waals surface area contributed by atoms with Crippen LogP contribution in [0.2, 0.25) is 0 Å². The van der Waals surface area contributed by atoms with Gasteiger partial charge >= 0.3 is 0 Å². The molecule has 0 atom stereocenters. The molecule has 1 aliphatic carbocycles. The molecule has 0 aromatic heterocycles. The molecule has 0 aliphatic heterocycles. The molecule has 0 unspecified atom stereocenters. The fraction of sp³-hybridized carbons (Fsp3) is 0.562. The lowest BCUT2D eigenvalue weighted by Gasteiger charge is -2.21. The molecule has 1 aromatic rings. The lowest BCUT2D eigenvalue weighted by Crippen LogP contribution is -2.35. The van der Waals surface area contributed by atoms with Crippen LogP contribution in [-0.4, -0.2) is 19.1 Å². The van der Waals surface area contributed by atoms with E-state index < -0.39 is 0 Å². The van der Waals surface area contributed by atoms with Gasteiger partial charge in [-0.25, -0.2) is 0 Å². The minimum Gasteiger partial charge on any atom is -0.495 e. The summed E-state index contributed by atoms with van der Waals surface area (Å²) < 4.78 is 5.16. The Morgan fingerprint density at radius 2 is 1.85 bits per heavy atom. The van der Waals surface area contributed by atoms with Crippen molar-refractivity contribution in [1.29, 1.82) is 0 Å². The average molecular weight is 276 g/mol. The van der Waals surface area contributed by atoms with E-state index in [9.17, 15) is 4.79 Å². The summed E-state index contributed by atoms with van der Waals surface area (Å²) in [5.41, 5.74) is 6.89. The summed E-state index contributed by atoms with van der Waals surface area (Å²) >= 11 is 0. The average Bonchev–Trinajstić information content (AvgIpc) is 2.41. The van der Waals surface area contributed by atoms with Crippen LogP contribution in [0.4, 0.5) is 5.69 Å². The molecule has 110 valence electrons. The zero-order valence-corrected chi connectivity index (χ0v) is 12.2. The van der Waals surface area contributed by atoms with Gasteiger partial charge in [0.05, 0.1) is 18.4 Å². The second-order valence-electron chi connectivity index (χ2n) is 5.44. The van der Waals surface area contributed by atoms with E-state index >= 15 is 0 Å². The Kier molecular flexibility index (Phi) is 5.27. The fourth-order valence-corrected chi connectivity index (χ4v) is 2.78. The van der Waals surface area contributed by atoms with Crippen LogP contribution in [0.25, 0.3) is 0 Å². The molecule has 3 N–H and O–H groups in total. The molecule has 1 fully saturated rings. The largest absolute Gasteiger partial charge is 0.495 e. The number of hydrogen-bond donors (Lipinski definition) is 2. The Balaban J connectivity index is 2.03. The minimum atomic E-state index is -0.0908. The number of hydrogen-bond acceptors (Lipinski definition) is 3. The van der Waals surface area contributed by atoms with Crippen LogP contribution in [-0.2, 0) is 0 Å². The van der Waals surface area contributed by atoms with E-state index in [1.165, 1.54) is 32.1 Å². The fourth-order valence-electron chi connectivity index (χ4n) is 2.78. The molecular formula is C16H24N2O2.